The van der Waals surface area contributed by atoms with Crippen LogP contribution in [-0.2, 0) is 0 Å². The van der Waals surface area contributed by atoms with Gasteiger partial charge in [0, 0.05) is 11.6 Å². The molecule has 0 saturated heterocycles. The van der Waals surface area contributed by atoms with Crippen molar-refractivity contribution in [3.8, 4) is 17.3 Å². The van der Waals surface area contributed by atoms with Crippen LogP contribution < -0.4 is 5.56 Å². The number of nitriles is 1. The third kappa shape index (κ3) is 2.22. The van der Waals surface area contributed by atoms with E-state index in [1.165, 1.54) is 17.3 Å². The molecule has 104 valence electrons. The number of benzene rings is 1. The van der Waals surface area contributed by atoms with Crippen molar-refractivity contribution in [2.75, 3.05) is 6.26 Å². The van der Waals surface area contributed by atoms with Crippen molar-refractivity contribution >= 4 is 17.4 Å². The van der Waals surface area contributed by atoms with Crippen molar-refractivity contribution in [3.05, 3.63) is 51.8 Å². The van der Waals surface area contributed by atoms with Gasteiger partial charge in [0.05, 0.1) is 5.69 Å². The summed E-state index contributed by atoms with van der Waals surface area (Å²) in [7, 11) is 0. The van der Waals surface area contributed by atoms with E-state index in [0.29, 0.717) is 10.7 Å². The molecule has 1 N–H and O–H groups in total. The van der Waals surface area contributed by atoms with Gasteiger partial charge in [0.25, 0.3) is 5.56 Å². The van der Waals surface area contributed by atoms with E-state index < -0.39 is 0 Å². The number of hydrogen-bond donors (Lipinski definition) is 1. The van der Waals surface area contributed by atoms with Gasteiger partial charge < -0.3 is 4.98 Å². The Kier molecular flexibility index (Phi) is 3.28. The number of hydrogen-bond acceptors (Lipinski definition) is 4. The SMILES string of the molecule is CSc1c(C#N)c(=O)[nH]c2cc(-c3ccc(C)cc3)nn12. The third-order valence-corrected chi connectivity index (χ3v) is 4.00. The predicted octanol–water partition coefficient (Wildman–Crippen LogP) is 2.59. The zero-order chi connectivity index (χ0) is 15.0. The molecule has 1 aromatic carbocycles. The fourth-order valence-electron chi connectivity index (χ4n) is 2.16. The predicted molar refractivity (Wildman–Crippen MR) is 82.5 cm³/mol. The molecule has 0 aliphatic carbocycles. The van der Waals surface area contributed by atoms with Crippen LogP contribution in [0.5, 0.6) is 0 Å². The summed E-state index contributed by atoms with van der Waals surface area (Å²) in [5.41, 5.74) is 3.19. The van der Waals surface area contributed by atoms with Gasteiger partial charge in [-0.3, -0.25) is 4.79 Å². The first-order valence-corrected chi connectivity index (χ1v) is 7.53. The van der Waals surface area contributed by atoms with Crippen LogP contribution in [0, 0.1) is 18.3 Å². The molecule has 0 unspecified atom stereocenters. The van der Waals surface area contributed by atoms with Gasteiger partial charge in [-0.15, -0.1) is 11.8 Å². The van der Waals surface area contributed by atoms with Gasteiger partial charge in [0.1, 0.15) is 22.3 Å². The average molecular weight is 296 g/mol. The molecular formula is C15H12N4OS. The fraction of sp³-hybridized carbons (Fsp3) is 0.133. The number of nitrogens with zero attached hydrogens (tertiary/aromatic N) is 3. The molecule has 0 aliphatic heterocycles. The Labute approximate surface area is 125 Å². The van der Waals surface area contributed by atoms with E-state index in [2.05, 4.69) is 10.1 Å². The second-order valence-electron chi connectivity index (χ2n) is 4.64. The summed E-state index contributed by atoms with van der Waals surface area (Å²) < 4.78 is 1.61. The highest BCUT2D eigenvalue weighted by Gasteiger charge is 2.14. The molecule has 0 amide bonds. The molecule has 6 heteroatoms. The summed E-state index contributed by atoms with van der Waals surface area (Å²) in [6, 6.07) is 11.7. The first kappa shape index (κ1) is 13.5. The van der Waals surface area contributed by atoms with Crippen LogP contribution in [0.4, 0.5) is 0 Å². The summed E-state index contributed by atoms with van der Waals surface area (Å²) >= 11 is 1.33. The lowest BCUT2D eigenvalue weighted by Crippen LogP contribution is -2.15. The van der Waals surface area contributed by atoms with Gasteiger partial charge in [0.2, 0.25) is 0 Å². The van der Waals surface area contributed by atoms with E-state index in [1.54, 1.807) is 4.52 Å². The summed E-state index contributed by atoms with van der Waals surface area (Å²) in [5, 5.41) is 14.2. The van der Waals surface area contributed by atoms with Gasteiger partial charge in [0.15, 0.2) is 0 Å². The molecule has 3 rings (SSSR count). The maximum Gasteiger partial charge on any atom is 0.270 e. The van der Waals surface area contributed by atoms with Gasteiger partial charge in [-0.1, -0.05) is 29.8 Å². The van der Waals surface area contributed by atoms with Crippen LogP contribution in [0.2, 0.25) is 0 Å². The summed E-state index contributed by atoms with van der Waals surface area (Å²) in [5.74, 6) is 0. The Balaban J connectivity index is 2.28. The Morgan fingerprint density at radius 2 is 2.05 bits per heavy atom. The highest BCUT2D eigenvalue weighted by molar-refractivity contribution is 7.98. The van der Waals surface area contributed by atoms with Crippen molar-refractivity contribution in [2.24, 2.45) is 0 Å². The van der Waals surface area contributed by atoms with E-state index in [0.717, 1.165) is 11.3 Å². The number of aromatic nitrogens is 3. The quantitative estimate of drug-likeness (QED) is 0.582. The van der Waals surface area contributed by atoms with Crippen molar-refractivity contribution in [3.63, 3.8) is 0 Å². The number of aromatic amines is 1. The molecule has 0 spiro atoms. The smallest absolute Gasteiger partial charge is 0.270 e. The Hall–Kier alpha value is -2.52. The van der Waals surface area contributed by atoms with Gasteiger partial charge in [-0.05, 0) is 13.2 Å². The van der Waals surface area contributed by atoms with E-state index in [9.17, 15) is 4.79 Å². The van der Waals surface area contributed by atoms with Crippen LogP contribution in [0.25, 0.3) is 16.9 Å². The fourth-order valence-corrected chi connectivity index (χ4v) is 2.81. The molecule has 2 aromatic heterocycles. The highest BCUT2D eigenvalue weighted by atomic mass is 32.2. The molecule has 2 heterocycles. The monoisotopic (exact) mass is 296 g/mol. The lowest BCUT2D eigenvalue weighted by molar-refractivity contribution is 0.831. The van der Waals surface area contributed by atoms with Gasteiger partial charge >= 0.3 is 0 Å². The van der Waals surface area contributed by atoms with E-state index >= 15 is 0 Å². The second kappa shape index (κ2) is 5.11. The Morgan fingerprint density at radius 3 is 2.67 bits per heavy atom. The lowest BCUT2D eigenvalue weighted by atomic mass is 10.1. The molecule has 0 atom stereocenters. The number of fused-ring (bicyclic) bond motifs is 1. The van der Waals surface area contributed by atoms with Gasteiger partial charge in [-0.25, -0.2) is 4.52 Å². The number of thioether (sulfide) groups is 1. The average Bonchev–Trinajstić information content (AvgIpc) is 2.89. The normalized spacial score (nSPS) is 10.7. The second-order valence-corrected chi connectivity index (χ2v) is 5.44. The van der Waals surface area contributed by atoms with Crippen molar-refractivity contribution < 1.29 is 0 Å². The molecule has 0 saturated carbocycles. The number of aryl methyl sites for hydroxylation is 1. The summed E-state index contributed by atoms with van der Waals surface area (Å²) in [6.45, 7) is 2.02. The first-order chi connectivity index (χ1) is 10.1. The Bertz CT molecular complexity index is 916. The van der Waals surface area contributed by atoms with E-state index in [4.69, 9.17) is 5.26 Å². The summed E-state index contributed by atoms with van der Waals surface area (Å²) in [4.78, 5) is 14.6. The minimum atomic E-state index is -0.385. The molecular weight excluding hydrogens is 284 g/mol. The van der Waals surface area contributed by atoms with E-state index in [1.807, 2.05) is 49.6 Å². The Morgan fingerprint density at radius 1 is 1.33 bits per heavy atom. The minimum absolute atomic E-state index is 0.0913. The molecule has 0 bridgehead atoms. The molecule has 0 aliphatic rings. The molecule has 5 nitrogen and oxygen atoms in total. The van der Waals surface area contributed by atoms with Crippen molar-refractivity contribution in [1.29, 1.82) is 5.26 Å². The minimum Gasteiger partial charge on any atom is -0.306 e. The standard InChI is InChI=1S/C15H12N4OS/c1-9-3-5-10(6-4-9)12-7-13-17-14(20)11(8-16)15(21-2)19(13)18-12/h3-7H,1-2H3,(H,17,20). The number of nitrogens with one attached hydrogen (secondary N) is 1. The summed E-state index contributed by atoms with van der Waals surface area (Å²) in [6.07, 6.45) is 1.82. The molecule has 0 fully saturated rings. The van der Waals surface area contributed by atoms with Gasteiger partial charge in [-0.2, -0.15) is 10.4 Å². The molecule has 0 radical (unpaired) electrons. The highest BCUT2D eigenvalue weighted by Crippen LogP contribution is 2.23. The zero-order valence-electron chi connectivity index (χ0n) is 11.5. The topological polar surface area (TPSA) is 73.9 Å². The lowest BCUT2D eigenvalue weighted by Gasteiger charge is -2.02. The molecule has 3 aromatic rings. The van der Waals surface area contributed by atoms with E-state index in [-0.39, 0.29) is 11.1 Å². The molecule has 21 heavy (non-hydrogen) atoms. The zero-order valence-corrected chi connectivity index (χ0v) is 12.4. The van der Waals surface area contributed by atoms with Crippen molar-refractivity contribution in [2.45, 2.75) is 11.9 Å². The van der Waals surface area contributed by atoms with Crippen LogP contribution in [0.15, 0.2) is 40.2 Å². The van der Waals surface area contributed by atoms with Crippen molar-refractivity contribution in [1.82, 2.24) is 14.6 Å². The van der Waals surface area contributed by atoms with Crippen LogP contribution >= 0.6 is 11.8 Å². The number of H-pyrrole nitrogens is 1. The largest absolute Gasteiger partial charge is 0.306 e. The van der Waals surface area contributed by atoms with Crippen LogP contribution in [-0.4, -0.2) is 20.9 Å². The number of rotatable bonds is 2. The first-order valence-electron chi connectivity index (χ1n) is 6.31. The maximum absolute atomic E-state index is 11.9. The van der Waals surface area contributed by atoms with Crippen LogP contribution in [0.3, 0.4) is 0 Å². The third-order valence-electron chi connectivity index (χ3n) is 3.24. The maximum atomic E-state index is 11.9. The van der Waals surface area contributed by atoms with Crippen LogP contribution in [0.1, 0.15) is 11.1 Å².